The number of phenolic OH excluding ortho intramolecular Hbond substituents is 1. The molecule has 2 unspecified atom stereocenters. The van der Waals surface area contributed by atoms with Crippen molar-refractivity contribution in [1.82, 2.24) is 4.90 Å². The molecular formula is C22H20ClNO5. The van der Waals surface area contributed by atoms with E-state index in [4.69, 9.17) is 16.3 Å². The summed E-state index contributed by atoms with van der Waals surface area (Å²) in [5.74, 6) is -1.71. The fraction of sp³-hybridized carbons (Fsp3) is 0.273. The molecule has 29 heavy (non-hydrogen) atoms. The molecule has 2 fully saturated rings. The molecule has 1 amide bonds. The molecule has 2 N–H and O–H groups in total. The predicted octanol–water partition coefficient (Wildman–Crippen LogP) is 3.65. The Hall–Kier alpha value is -2.83. The Morgan fingerprint density at radius 1 is 1.17 bits per heavy atom. The van der Waals surface area contributed by atoms with Gasteiger partial charge in [0, 0.05) is 23.7 Å². The fourth-order valence-corrected chi connectivity index (χ4v) is 4.01. The van der Waals surface area contributed by atoms with Gasteiger partial charge in [0.15, 0.2) is 0 Å². The number of aromatic hydroxyl groups is 1. The average molecular weight is 414 g/mol. The summed E-state index contributed by atoms with van der Waals surface area (Å²) in [5, 5.41) is 21.4. The van der Waals surface area contributed by atoms with Crippen LogP contribution in [0.5, 0.6) is 5.75 Å². The molecule has 0 aromatic heterocycles. The van der Waals surface area contributed by atoms with E-state index in [1.54, 1.807) is 36.4 Å². The van der Waals surface area contributed by atoms with Crippen molar-refractivity contribution < 1.29 is 24.5 Å². The van der Waals surface area contributed by atoms with Crippen LogP contribution in [0.2, 0.25) is 5.02 Å². The van der Waals surface area contributed by atoms with E-state index in [2.05, 4.69) is 0 Å². The number of amides is 1. The fourth-order valence-electron chi connectivity index (χ4n) is 3.88. The molecule has 2 aliphatic rings. The number of aliphatic hydroxyl groups is 1. The third kappa shape index (κ3) is 3.73. The minimum Gasteiger partial charge on any atom is -0.508 e. The zero-order chi connectivity index (χ0) is 20.5. The molecule has 2 atom stereocenters. The summed E-state index contributed by atoms with van der Waals surface area (Å²) in [4.78, 5) is 27.2. The van der Waals surface area contributed by atoms with Crippen LogP contribution >= 0.6 is 11.6 Å². The van der Waals surface area contributed by atoms with Gasteiger partial charge >= 0.3 is 0 Å². The van der Waals surface area contributed by atoms with E-state index in [1.807, 2.05) is 0 Å². The normalized spacial score (nSPS) is 23.7. The first-order valence-electron chi connectivity index (χ1n) is 9.40. The second-order valence-electron chi connectivity index (χ2n) is 7.19. The number of carbonyl (C=O) groups is 2. The molecule has 6 nitrogen and oxygen atoms in total. The second-order valence-corrected chi connectivity index (χ2v) is 7.62. The van der Waals surface area contributed by atoms with Crippen LogP contribution in [0.15, 0.2) is 54.1 Å². The van der Waals surface area contributed by atoms with Crippen molar-refractivity contribution in [2.75, 3.05) is 13.2 Å². The summed E-state index contributed by atoms with van der Waals surface area (Å²) in [6.45, 7) is 0.860. The molecule has 0 spiro atoms. The van der Waals surface area contributed by atoms with Gasteiger partial charge in [0.05, 0.1) is 17.7 Å². The third-order valence-corrected chi connectivity index (χ3v) is 5.52. The lowest BCUT2D eigenvalue weighted by Crippen LogP contribution is -2.36. The number of benzene rings is 2. The molecule has 2 aliphatic heterocycles. The molecule has 150 valence electrons. The number of phenols is 1. The summed E-state index contributed by atoms with van der Waals surface area (Å²) in [6, 6.07) is 11.9. The van der Waals surface area contributed by atoms with Crippen molar-refractivity contribution in [3.8, 4) is 5.75 Å². The maximum Gasteiger partial charge on any atom is 0.295 e. The SMILES string of the molecule is O=C1C(=O)N(CC2CCCO2)C(c2cccc(O)c2)/C1=C(/O)c1ccc(Cl)cc1. The van der Waals surface area contributed by atoms with Crippen molar-refractivity contribution >= 4 is 29.1 Å². The number of ketones is 1. The molecule has 2 heterocycles. The summed E-state index contributed by atoms with van der Waals surface area (Å²) < 4.78 is 5.65. The van der Waals surface area contributed by atoms with Crippen LogP contribution in [0.1, 0.15) is 30.0 Å². The van der Waals surface area contributed by atoms with E-state index in [0.29, 0.717) is 22.8 Å². The van der Waals surface area contributed by atoms with Gasteiger partial charge in [0.1, 0.15) is 11.5 Å². The molecule has 7 heteroatoms. The van der Waals surface area contributed by atoms with Gasteiger partial charge in [-0.1, -0.05) is 23.7 Å². The van der Waals surface area contributed by atoms with Crippen molar-refractivity contribution in [1.29, 1.82) is 0 Å². The number of ether oxygens (including phenoxy) is 1. The van der Waals surface area contributed by atoms with E-state index in [0.717, 1.165) is 12.8 Å². The van der Waals surface area contributed by atoms with Crippen LogP contribution in [-0.2, 0) is 14.3 Å². The number of nitrogens with zero attached hydrogens (tertiary/aromatic N) is 1. The summed E-state index contributed by atoms with van der Waals surface area (Å²) >= 11 is 5.92. The molecule has 0 aliphatic carbocycles. The van der Waals surface area contributed by atoms with Crippen LogP contribution in [0.4, 0.5) is 0 Å². The molecule has 2 aromatic rings. The Kier molecular flexibility index (Phi) is 5.30. The molecule has 0 saturated carbocycles. The van der Waals surface area contributed by atoms with Crippen LogP contribution in [0, 0.1) is 0 Å². The lowest BCUT2D eigenvalue weighted by Gasteiger charge is -2.27. The second kappa shape index (κ2) is 7.89. The first-order chi connectivity index (χ1) is 14.0. The maximum absolute atomic E-state index is 12.9. The Labute approximate surface area is 173 Å². The highest BCUT2D eigenvalue weighted by Gasteiger charge is 2.47. The third-order valence-electron chi connectivity index (χ3n) is 5.27. The number of Topliss-reactive ketones (excluding diaryl/α,β-unsaturated/α-hetero) is 1. The van der Waals surface area contributed by atoms with Crippen LogP contribution in [0.25, 0.3) is 5.76 Å². The van der Waals surface area contributed by atoms with Crippen molar-refractivity contribution in [3.05, 3.63) is 70.3 Å². The number of halogens is 1. The highest BCUT2D eigenvalue weighted by molar-refractivity contribution is 6.46. The zero-order valence-corrected chi connectivity index (χ0v) is 16.3. The van der Waals surface area contributed by atoms with E-state index < -0.39 is 17.7 Å². The summed E-state index contributed by atoms with van der Waals surface area (Å²) in [5.41, 5.74) is 0.910. The number of carbonyl (C=O) groups excluding carboxylic acids is 2. The predicted molar refractivity (Wildman–Crippen MR) is 108 cm³/mol. The van der Waals surface area contributed by atoms with Gasteiger partial charge in [0.25, 0.3) is 11.7 Å². The first kappa shape index (κ1) is 19.5. The zero-order valence-electron chi connectivity index (χ0n) is 15.5. The van der Waals surface area contributed by atoms with E-state index in [1.165, 1.54) is 17.0 Å². The molecule has 2 saturated heterocycles. The van der Waals surface area contributed by atoms with E-state index in [-0.39, 0.29) is 29.7 Å². The van der Waals surface area contributed by atoms with Crippen LogP contribution < -0.4 is 0 Å². The minimum absolute atomic E-state index is 0.0108. The molecule has 0 radical (unpaired) electrons. The maximum atomic E-state index is 12.9. The Morgan fingerprint density at radius 2 is 1.93 bits per heavy atom. The van der Waals surface area contributed by atoms with Gasteiger partial charge in [-0.3, -0.25) is 9.59 Å². The van der Waals surface area contributed by atoms with E-state index in [9.17, 15) is 19.8 Å². The van der Waals surface area contributed by atoms with Gasteiger partial charge < -0.3 is 19.8 Å². The molecule has 0 bridgehead atoms. The van der Waals surface area contributed by atoms with Crippen molar-refractivity contribution in [3.63, 3.8) is 0 Å². The van der Waals surface area contributed by atoms with Crippen molar-refractivity contribution in [2.45, 2.75) is 25.0 Å². The number of rotatable bonds is 4. The number of hydrogen-bond acceptors (Lipinski definition) is 5. The highest BCUT2D eigenvalue weighted by atomic mass is 35.5. The van der Waals surface area contributed by atoms with Gasteiger partial charge in [0.2, 0.25) is 0 Å². The Morgan fingerprint density at radius 3 is 2.59 bits per heavy atom. The smallest absolute Gasteiger partial charge is 0.295 e. The van der Waals surface area contributed by atoms with Gasteiger partial charge in [-0.15, -0.1) is 0 Å². The minimum atomic E-state index is -0.818. The lowest BCUT2D eigenvalue weighted by molar-refractivity contribution is -0.140. The monoisotopic (exact) mass is 413 g/mol. The lowest BCUT2D eigenvalue weighted by atomic mass is 9.95. The van der Waals surface area contributed by atoms with Gasteiger partial charge in [-0.25, -0.2) is 0 Å². The van der Waals surface area contributed by atoms with Crippen LogP contribution in [-0.4, -0.2) is 46.1 Å². The molecule has 2 aromatic carbocycles. The standard InChI is InChI=1S/C22H20ClNO5/c23-15-8-6-13(7-9-15)20(26)18-19(14-3-1-4-16(25)11-14)24(22(28)21(18)27)12-17-5-2-10-29-17/h1,3-4,6-9,11,17,19,25-26H,2,5,10,12H2/b20-18-. The average Bonchev–Trinajstić information content (AvgIpc) is 3.30. The van der Waals surface area contributed by atoms with Gasteiger partial charge in [-0.2, -0.15) is 0 Å². The van der Waals surface area contributed by atoms with Crippen molar-refractivity contribution in [2.24, 2.45) is 0 Å². The topological polar surface area (TPSA) is 87.1 Å². The Balaban J connectivity index is 1.83. The molecular weight excluding hydrogens is 394 g/mol. The number of hydrogen-bond donors (Lipinski definition) is 2. The number of likely N-dealkylation sites (tertiary alicyclic amines) is 1. The molecule has 4 rings (SSSR count). The number of aliphatic hydroxyl groups excluding tert-OH is 1. The van der Waals surface area contributed by atoms with E-state index >= 15 is 0 Å². The largest absolute Gasteiger partial charge is 0.508 e. The Bertz CT molecular complexity index is 979. The quantitative estimate of drug-likeness (QED) is 0.454. The summed E-state index contributed by atoms with van der Waals surface area (Å²) in [6.07, 6.45) is 1.53. The first-order valence-corrected chi connectivity index (χ1v) is 9.78. The summed E-state index contributed by atoms with van der Waals surface area (Å²) in [7, 11) is 0. The van der Waals surface area contributed by atoms with Gasteiger partial charge in [-0.05, 0) is 54.8 Å². The van der Waals surface area contributed by atoms with Crippen LogP contribution in [0.3, 0.4) is 0 Å². The highest BCUT2D eigenvalue weighted by Crippen LogP contribution is 2.40.